The van der Waals surface area contributed by atoms with Crippen LogP contribution < -0.4 is 4.31 Å². The van der Waals surface area contributed by atoms with Crippen LogP contribution in [0.15, 0.2) is 126 Å². The zero-order valence-corrected chi connectivity index (χ0v) is 25.4. The summed E-state index contributed by atoms with van der Waals surface area (Å²) in [5.74, 6) is 0. The first-order valence-electron chi connectivity index (χ1n) is 14.8. The number of piperidine rings is 1. The van der Waals surface area contributed by atoms with Crippen LogP contribution in [-0.2, 0) is 27.8 Å². The van der Waals surface area contributed by atoms with Gasteiger partial charge in [0.1, 0.15) is 6.61 Å². The third-order valence-electron chi connectivity index (χ3n) is 7.89. The summed E-state index contributed by atoms with van der Waals surface area (Å²) in [5, 5.41) is 0. The number of anilines is 1. The van der Waals surface area contributed by atoms with Crippen LogP contribution in [0.25, 0.3) is 0 Å². The number of likely N-dealkylation sites (tertiary alicyclic amines) is 1. The molecular weight excluding hydrogens is 558 g/mol. The first-order chi connectivity index (χ1) is 20.9. The molecule has 1 amide bonds. The van der Waals surface area contributed by atoms with E-state index >= 15 is 0 Å². The molecule has 43 heavy (non-hydrogen) atoms. The van der Waals surface area contributed by atoms with Crippen molar-refractivity contribution >= 4 is 21.8 Å². The van der Waals surface area contributed by atoms with Crippen molar-refractivity contribution in [3.8, 4) is 0 Å². The first-order valence-corrected chi connectivity index (χ1v) is 16.2. The second kappa shape index (κ2) is 14.4. The van der Waals surface area contributed by atoms with Gasteiger partial charge >= 0.3 is 6.09 Å². The van der Waals surface area contributed by atoms with Gasteiger partial charge in [-0.3, -0.25) is 9.21 Å². The van der Waals surface area contributed by atoms with E-state index in [1.54, 1.807) is 35.2 Å². The number of hydrogen-bond acceptors (Lipinski definition) is 5. The quantitative estimate of drug-likeness (QED) is 0.196. The molecule has 1 aliphatic heterocycles. The Hall–Kier alpha value is -4.14. The van der Waals surface area contributed by atoms with Gasteiger partial charge in [0.05, 0.1) is 10.6 Å². The van der Waals surface area contributed by atoms with E-state index in [2.05, 4.69) is 36.1 Å². The first kappa shape index (κ1) is 30.3. The standard InChI is InChI=1S/C35H39N3O4S/c1-29(37(26-30-14-6-2-7-15-30)27-31-16-8-3-9-17-31)28-42-35(39)36-24-22-33(23-25-36)38(32-18-10-4-11-19-32)43(40,41)34-20-12-5-13-21-34/h2-21,29,33H,22-28H2,1H3. The zero-order chi connectivity index (χ0) is 30.1. The fourth-order valence-corrected chi connectivity index (χ4v) is 7.23. The van der Waals surface area contributed by atoms with Crippen LogP contribution in [0.4, 0.5) is 10.5 Å². The highest BCUT2D eigenvalue weighted by Crippen LogP contribution is 2.30. The van der Waals surface area contributed by atoms with Crippen LogP contribution in [0.2, 0.25) is 0 Å². The van der Waals surface area contributed by atoms with E-state index < -0.39 is 10.0 Å². The summed E-state index contributed by atoms with van der Waals surface area (Å²) in [6.45, 7) is 4.66. The van der Waals surface area contributed by atoms with Crippen LogP contribution in [0, 0.1) is 0 Å². The predicted molar refractivity (Wildman–Crippen MR) is 170 cm³/mol. The van der Waals surface area contributed by atoms with Gasteiger partial charge in [0.15, 0.2) is 0 Å². The smallest absolute Gasteiger partial charge is 0.409 e. The fraction of sp³-hybridized carbons (Fsp3) is 0.286. The van der Waals surface area contributed by atoms with Crippen molar-refractivity contribution in [1.29, 1.82) is 0 Å². The summed E-state index contributed by atoms with van der Waals surface area (Å²) in [5.41, 5.74) is 3.03. The van der Waals surface area contributed by atoms with Gasteiger partial charge in [0.2, 0.25) is 0 Å². The molecule has 1 fully saturated rings. The van der Waals surface area contributed by atoms with Crippen LogP contribution >= 0.6 is 0 Å². The second-order valence-electron chi connectivity index (χ2n) is 11.0. The Morgan fingerprint density at radius 3 is 1.74 bits per heavy atom. The summed E-state index contributed by atoms with van der Waals surface area (Å²) in [7, 11) is -3.78. The molecule has 1 saturated heterocycles. The molecule has 4 aromatic carbocycles. The lowest BCUT2D eigenvalue weighted by molar-refractivity contribution is 0.0592. The van der Waals surface area contributed by atoms with Gasteiger partial charge < -0.3 is 9.64 Å². The highest BCUT2D eigenvalue weighted by Gasteiger charge is 2.35. The molecule has 8 heteroatoms. The summed E-state index contributed by atoms with van der Waals surface area (Å²) in [6, 6.07) is 38.0. The third kappa shape index (κ3) is 7.83. The molecule has 1 atom stereocenters. The Morgan fingerprint density at radius 2 is 1.23 bits per heavy atom. The van der Waals surface area contributed by atoms with Crippen LogP contribution in [0.3, 0.4) is 0 Å². The van der Waals surface area contributed by atoms with Gasteiger partial charge in [-0.25, -0.2) is 13.2 Å². The van der Waals surface area contributed by atoms with Gasteiger partial charge in [-0.15, -0.1) is 0 Å². The van der Waals surface area contributed by atoms with E-state index in [0.717, 1.165) is 13.1 Å². The van der Waals surface area contributed by atoms with E-state index in [1.165, 1.54) is 15.4 Å². The SMILES string of the molecule is CC(COC(=O)N1CCC(N(c2ccccc2)S(=O)(=O)c2ccccc2)CC1)N(Cc1ccccc1)Cc1ccccc1. The van der Waals surface area contributed by atoms with E-state index in [4.69, 9.17) is 4.74 Å². The molecule has 1 aliphatic rings. The minimum Gasteiger partial charge on any atom is -0.448 e. The van der Waals surface area contributed by atoms with Crippen molar-refractivity contribution < 1.29 is 17.9 Å². The van der Waals surface area contributed by atoms with Crippen molar-refractivity contribution in [3.05, 3.63) is 132 Å². The minimum atomic E-state index is -3.78. The summed E-state index contributed by atoms with van der Waals surface area (Å²) in [4.78, 5) is 17.4. The monoisotopic (exact) mass is 597 g/mol. The number of sulfonamides is 1. The maximum absolute atomic E-state index is 13.8. The highest BCUT2D eigenvalue weighted by molar-refractivity contribution is 7.92. The van der Waals surface area contributed by atoms with Gasteiger partial charge in [0.25, 0.3) is 10.0 Å². The molecule has 0 aliphatic carbocycles. The molecule has 0 N–H and O–H groups in total. The molecule has 0 bridgehead atoms. The van der Waals surface area contributed by atoms with E-state index in [0.29, 0.717) is 31.6 Å². The van der Waals surface area contributed by atoms with Crippen LogP contribution in [0.1, 0.15) is 30.9 Å². The van der Waals surface area contributed by atoms with Crippen LogP contribution in [0.5, 0.6) is 0 Å². The van der Waals surface area contributed by atoms with Crippen molar-refractivity contribution in [2.75, 3.05) is 24.0 Å². The summed E-state index contributed by atoms with van der Waals surface area (Å²) < 4.78 is 34.9. The molecule has 0 saturated carbocycles. The van der Waals surface area contributed by atoms with Crippen molar-refractivity contribution in [1.82, 2.24) is 9.80 Å². The molecule has 5 rings (SSSR count). The number of carbonyl (C=O) groups excluding carboxylic acids is 1. The number of rotatable bonds is 11. The average molecular weight is 598 g/mol. The van der Waals surface area contributed by atoms with E-state index in [1.807, 2.05) is 66.7 Å². The molecule has 1 heterocycles. The molecule has 224 valence electrons. The number of nitrogens with zero attached hydrogens (tertiary/aromatic N) is 3. The third-order valence-corrected chi connectivity index (χ3v) is 9.79. The van der Waals surface area contributed by atoms with Crippen molar-refractivity contribution in [3.63, 3.8) is 0 Å². The Morgan fingerprint density at radius 1 is 0.767 bits per heavy atom. The largest absolute Gasteiger partial charge is 0.448 e. The van der Waals surface area contributed by atoms with Gasteiger partial charge in [-0.2, -0.15) is 0 Å². The number of para-hydroxylation sites is 1. The maximum atomic E-state index is 13.8. The lowest BCUT2D eigenvalue weighted by atomic mass is 10.0. The second-order valence-corrected chi connectivity index (χ2v) is 12.8. The normalized spacial score (nSPS) is 14.8. The molecule has 7 nitrogen and oxygen atoms in total. The summed E-state index contributed by atoms with van der Waals surface area (Å²) in [6.07, 6.45) is 0.668. The average Bonchev–Trinajstić information content (AvgIpc) is 3.05. The number of benzene rings is 4. The molecule has 0 spiro atoms. The Bertz CT molecular complexity index is 1490. The number of amides is 1. The Kier molecular flexibility index (Phi) is 10.1. The molecule has 0 aromatic heterocycles. The number of ether oxygens (including phenoxy) is 1. The maximum Gasteiger partial charge on any atom is 0.409 e. The highest BCUT2D eigenvalue weighted by atomic mass is 32.2. The number of hydrogen-bond donors (Lipinski definition) is 0. The number of carbonyl (C=O) groups is 1. The molecule has 4 aromatic rings. The van der Waals surface area contributed by atoms with Crippen LogP contribution in [-0.4, -0.2) is 56.1 Å². The summed E-state index contributed by atoms with van der Waals surface area (Å²) >= 11 is 0. The minimum absolute atomic E-state index is 0.00788. The van der Waals surface area contributed by atoms with Gasteiger partial charge in [0, 0.05) is 38.3 Å². The lowest BCUT2D eigenvalue weighted by Crippen LogP contribution is -2.49. The molecule has 0 radical (unpaired) electrons. The topological polar surface area (TPSA) is 70.2 Å². The fourth-order valence-electron chi connectivity index (χ4n) is 5.50. The predicted octanol–water partition coefficient (Wildman–Crippen LogP) is 6.57. The van der Waals surface area contributed by atoms with Gasteiger partial charge in [-0.05, 0) is 55.2 Å². The Labute approximate surface area is 255 Å². The van der Waals surface area contributed by atoms with E-state index in [-0.39, 0.29) is 29.7 Å². The van der Waals surface area contributed by atoms with Gasteiger partial charge in [-0.1, -0.05) is 97.1 Å². The Balaban J connectivity index is 1.21. The van der Waals surface area contributed by atoms with Crippen molar-refractivity contribution in [2.24, 2.45) is 0 Å². The molecular formula is C35H39N3O4S. The van der Waals surface area contributed by atoms with Crippen molar-refractivity contribution in [2.45, 2.75) is 49.8 Å². The zero-order valence-electron chi connectivity index (χ0n) is 24.5. The van der Waals surface area contributed by atoms with E-state index in [9.17, 15) is 13.2 Å². The molecule has 1 unspecified atom stereocenters. The lowest BCUT2D eigenvalue weighted by Gasteiger charge is -2.38.